The molecule has 108 valence electrons. The van der Waals surface area contributed by atoms with E-state index in [2.05, 4.69) is 5.32 Å². The predicted octanol–water partition coefficient (Wildman–Crippen LogP) is 2.43. The molecular formula is C13H15ClN2O3S. The Kier molecular flexibility index (Phi) is 4.49. The van der Waals surface area contributed by atoms with E-state index in [1.165, 1.54) is 6.07 Å². The van der Waals surface area contributed by atoms with Crippen LogP contribution in [0.25, 0.3) is 0 Å². The first-order valence-corrected chi connectivity index (χ1v) is 7.89. The van der Waals surface area contributed by atoms with Gasteiger partial charge in [0, 0.05) is 11.1 Å². The van der Waals surface area contributed by atoms with Gasteiger partial charge in [0.25, 0.3) is 10.0 Å². The lowest BCUT2D eigenvalue weighted by atomic mass is 10.1. The van der Waals surface area contributed by atoms with Crippen molar-refractivity contribution < 1.29 is 12.8 Å². The Balaban J connectivity index is 2.00. The summed E-state index contributed by atoms with van der Waals surface area (Å²) in [7, 11) is -3.79. The summed E-state index contributed by atoms with van der Waals surface area (Å²) in [6.07, 6.45) is 0. The highest BCUT2D eigenvalue weighted by Crippen LogP contribution is 2.18. The maximum atomic E-state index is 11.1. The van der Waals surface area contributed by atoms with Crippen molar-refractivity contribution in [1.82, 2.24) is 5.32 Å². The molecule has 0 amide bonds. The SMILES string of the molecule is C[C@H](NCc1ccc(S(N)(=O)=O)o1)c1cccc(Cl)c1. The van der Waals surface area contributed by atoms with Crippen LogP contribution >= 0.6 is 11.6 Å². The number of nitrogens with one attached hydrogen (secondary N) is 1. The minimum Gasteiger partial charge on any atom is -0.447 e. The molecular weight excluding hydrogens is 300 g/mol. The van der Waals surface area contributed by atoms with Gasteiger partial charge in [0.1, 0.15) is 5.76 Å². The molecule has 0 spiro atoms. The zero-order valence-electron chi connectivity index (χ0n) is 10.8. The second kappa shape index (κ2) is 5.97. The van der Waals surface area contributed by atoms with Gasteiger partial charge in [-0.1, -0.05) is 23.7 Å². The summed E-state index contributed by atoms with van der Waals surface area (Å²) >= 11 is 5.93. The molecule has 5 nitrogen and oxygen atoms in total. The number of rotatable bonds is 5. The van der Waals surface area contributed by atoms with Crippen LogP contribution in [-0.4, -0.2) is 8.42 Å². The van der Waals surface area contributed by atoms with E-state index in [9.17, 15) is 8.42 Å². The Morgan fingerprint density at radius 3 is 2.70 bits per heavy atom. The van der Waals surface area contributed by atoms with E-state index in [-0.39, 0.29) is 11.1 Å². The molecule has 0 fully saturated rings. The third kappa shape index (κ3) is 3.83. The van der Waals surface area contributed by atoms with E-state index in [0.717, 1.165) is 5.56 Å². The Hall–Kier alpha value is -1.34. The minimum atomic E-state index is -3.79. The third-order valence-electron chi connectivity index (χ3n) is 2.85. The van der Waals surface area contributed by atoms with Gasteiger partial charge in [-0.25, -0.2) is 13.6 Å². The van der Waals surface area contributed by atoms with Gasteiger partial charge < -0.3 is 9.73 Å². The minimum absolute atomic E-state index is 0.0525. The second-order valence-corrected chi connectivity index (χ2v) is 6.35. The fourth-order valence-electron chi connectivity index (χ4n) is 1.75. The molecule has 3 N–H and O–H groups in total. The van der Waals surface area contributed by atoms with Gasteiger partial charge in [0.15, 0.2) is 0 Å². The number of hydrogen-bond acceptors (Lipinski definition) is 4. The number of primary sulfonamides is 1. The number of halogens is 1. The fraction of sp³-hybridized carbons (Fsp3) is 0.231. The van der Waals surface area contributed by atoms with Crippen molar-refractivity contribution in [3.05, 3.63) is 52.7 Å². The summed E-state index contributed by atoms with van der Waals surface area (Å²) in [6, 6.07) is 10.5. The van der Waals surface area contributed by atoms with Crippen molar-refractivity contribution in [2.24, 2.45) is 5.14 Å². The molecule has 0 aliphatic carbocycles. The van der Waals surface area contributed by atoms with Crippen LogP contribution in [0.1, 0.15) is 24.3 Å². The molecule has 0 aliphatic rings. The molecule has 1 atom stereocenters. The third-order valence-corrected chi connectivity index (χ3v) is 3.86. The molecule has 0 unspecified atom stereocenters. The second-order valence-electron chi connectivity index (χ2n) is 4.42. The Morgan fingerprint density at radius 1 is 1.35 bits per heavy atom. The highest BCUT2D eigenvalue weighted by molar-refractivity contribution is 7.89. The first-order valence-electron chi connectivity index (χ1n) is 5.96. The summed E-state index contributed by atoms with van der Waals surface area (Å²) in [5, 5.41) is 8.64. The average Bonchev–Trinajstić information content (AvgIpc) is 2.84. The molecule has 0 saturated heterocycles. The highest BCUT2D eigenvalue weighted by atomic mass is 35.5. The van der Waals surface area contributed by atoms with Crippen LogP contribution in [0.3, 0.4) is 0 Å². The van der Waals surface area contributed by atoms with Crippen LogP contribution in [0.2, 0.25) is 5.02 Å². The maximum Gasteiger partial charge on any atom is 0.271 e. The molecule has 2 aromatic rings. The molecule has 1 heterocycles. The molecule has 0 radical (unpaired) electrons. The van der Waals surface area contributed by atoms with Crippen LogP contribution < -0.4 is 10.5 Å². The number of furan rings is 1. The van der Waals surface area contributed by atoms with Gasteiger partial charge >= 0.3 is 0 Å². The largest absolute Gasteiger partial charge is 0.447 e. The lowest BCUT2D eigenvalue weighted by Gasteiger charge is -2.13. The Morgan fingerprint density at radius 2 is 2.10 bits per heavy atom. The van der Waals surface area contributed by atoms with Crippen LogP contribution in [0.4, 0.5) is 0 Å². The van der Waals surface area contributed by atoms with Crippen molar-refractivity contribution in [3.8, 4) is 0 Å². The molecule has 2 rings (SSSR count). The van der Waals surface area contributed by atoms with E-state index in [1.807, 2.05) is 31.2 Å². The van der Waals surface area contributed by atoms with Crippen molar-refractivity contribution in [1.29, 1.82) is 0 Å². The predicted molar refractivity (Wildman–Crippen MR) is 76.8 cm³/mol. The lowest BCUT2D eigenvalue weighted by molar-refractivity contribution is 0.393. The molecule has 0 bridgehead atoms. The molecule has 1 aromatic heterocycles. The normalized spacial score (nSPS) is 13.3. The average molecular weight is 315 g/mol. The van der Waals surface area contributed by atoms with E-state index in [1.54, 1.807) is 6.07 Å². The Bertz CT molecular complexity index is 697. The number of sulfonamides is 1. The van der Waals surface area contributed by atoms with Crippen molar-refractivity contribution in [3.63, 3.8) is 0 Å². The molecule has 0 aliphatic heterocycles. The maximum absolute atomic E-state index is 11.1. The molecule has 7 heteroatoms. The number of benzene rings is 1. The summed E-state index contributed by atoms with van der Waals surface area (Å²) in [6.45, 7) is 2.37. The smallest absolute Gasteiger partial charge is 0.271 e. The van der Waals surface area contributed by atoms with Gasteiger partial charge in [-0.2, -0.15) is 0 Å². The van der Waals surface area contributed by atoms with Crippen molar-refractivity contribution in [2.45, 2.75) is 24.6 Å². The number of nitrogens with two attached hydrogens (primary N) is 1. The van der Waals surface area contributed by atoms with E-state index in [0.29, 0.717) is 17.3 Å². The summed E-state index contributed by atoms with van der Waals surface area (Å²) in [5.41, 5.74) is 1.04. The van der Waals surface area contributed by atoms with Crippen molar-refractivity contribution in [2.75, 3.05) is 0 Å². The molecule has 20 heavy (non-hydrogen) atoms. The number of hydrogen-bond donors (Lipinski definition) is 2. The standard InChI is InChI=1S/C13H15ClN2O3S/c1-9(10-3-2-4-11(14)7-10)16-8-12-5-6-13(19-12)20(15,17)18/h2-7,9,16H,8H2,1H3,(H2,15,17,18)/t9-/m0/s1. The first kappa shape index (κ1) is 15.1. The Labute approximate surface area is 122 Å². The van der Waals surface area contributed by atoms with Gasteiger partial charge in [-0.3, -0.25) is 0 Å². The van der Waals surface area contributed by atoms with Crippen molar-refractivity contribution >= 4 is 21.6 Å². The van der Waals surface area contributed by atoms with Gasteiger partial charge in [-0.15, -0.1) is 0 Å². The molecule has 0 saturated carbocycles. The topological polar surface area (TPSA) is 85.3 Å². The van der Waals surface area contributed by atoms with Crippen LogP contribution in [0.5, 0.6) is 0 Å². The summed E-state index contributed by atoms with van der Waals surface area (Å²) < 4.78 is 27.3. The van der Waals surface area contributed by atoms with Crippen LogP contribution in [0.15, 0.2) is 45.9 Å². The van der Waals surface area contributed by atoms with Crippen LogP contribution in [0, 0.1) is 0 Å². The quantitative estimate of drug-likeness (QED) is 0.887. The van der Waals surface area contributed by atoms with Gasteiger partial charge in [0.05, 0.1) is 6.54 Å². The summed E-state index contributed by atoms with van der Waals surface area (Å²) in [5.74, 6) is 0.503. The van der Waals surface area contributed by atoms with E-state index >= 15 is 0 Å². The van der Waals surface area contributed by atoms with E-state index in [4.69, 9.17) is 21.2 Å². The first-order chi connectivity index (χ1) is 9.36. The monoisotopic (exact) mass is 314 g/mol. The zero-order chi connectivity index (χ0) is 14.8. The fourth-order valence-corrected chi connectivity index (χ4v) is 2.43. The zero-order valence-corrected chi connectivity index (χ0v) is 12.4. The summed E-state index contributed by atoms with van der Waals surface area (Å²) in [4.78, 5) is 0. The van der Waals surface area contributed by atoms with E-state index < -0.39 is 10.0 Å². The van der Waals surface area contributed by atoms with Gasteiger partial charge in [0.2, 0.25) is 5.09 Å². The highest BCUT2D eigenvalue weighted by Gasteiger charge is 2.13. The lowest BCUT2D eigenvalue weighted by Crippen LogP contribution is -2.17. The molecule has 1 aromatic carbocycles. The van der Waals surface area contributed by atoms with Crippen LogP contribution in [-0.2, 0) is 16.6 Å². The van der Waals surface area contributed by atoms with Gasteiger partial charge in [-0.05, 0) is 36.8 Å².